The normalized spacial score (nSPS) is 10.4. The molecule has 0 aromatic heterocycles. The highest BCUT2D eigenvalue weighted by atomic mass is 16.5. The number of ether oxygens (including phenoxy) is 1. The fourth-order valence-corrected chi connectivity index (χ4v) is 1.11. The minimum atomic E-state index is -0.402. The van der Waals surface area contributed by atoms with Crippen LogP contribution in [0.25, 0.3) is 6.08 Å². The van der Waals surface area contributed by atoms with E-state index in [1.165, 1.54) is 0 Å². The fourth-order valence-electron chi connectivity index (χ4n) is 1.11. The Morgan fingerprint density at radius 3 is 2.94 bits per heavy atom. The smallest absolute Gasteiger partial charge is 0.271 e. The first-order chi connectivity index (χ1) is 7.77. The molecule has 0 heterocycles. The number of hydrogen-bond donors (Lipinski definition) is 3. The van der Waals surface area contributed by atoms with E-state index in [0.717, 1.165) is 5.56 Å². The maximum atomic E-state index is 10.9. The molecule has 86 valence electrons. The van der Waals surface area contributed by atoms with Crippen molar-refractivity contribution < 1.29 is 14.6 Å². The molecule has 5 nitrogen and oxygen atoms in total. The minimum Gasteiger partial charge on any atom is -0.483 e. The van der Waals surface area contributed by atoms with Gasteiger partial charge in [-0.05, 0) is 6.07 Å². The van der Waals surface area contributed by atoms with Crippen LogP contribution in [0.4, 0.5) is 0 Å². The van der Waals surface area contributed by atoms with Crippen LogP contribution in [0.15, 0.2) is 30.3 Å². The number of aliphatic hydroxyl groups is 1. The van der Waals surface area contributed by atoms with Crippen LogP contribution in [0.3, 0.4) is 0 Å². The first-order valence-electron chi connectivity index (χ1n) is 4.76. The molecule has 1 rings (SSSR count). The molecular weight excluding hydrogens is 208 g/mol. The van der Waals surface area contributed by atoms with E-state index in [9.17, 15) is 4.79 Å². The molecule has 0 aliphatic heterocycles. The molecule has 0 atom stereocenters. The molecule has 1 amide bonds. The summed E-state index contributed by atoms with van der Waals surface area (Å²) in [4.78, 5) is 10.9. The average molecular weight is 222 g/mol. The molecule has 16 heavy (non-hydrogen) atoms. The molecule has 0 saturated heterocycles. The topological polar surface area (TPSA) is 84.6 Å². The van der Waals surface area contributed by atoms with Crippen LogP contribution in [0.2, 0.25) is 0 Å². The fraction of sp³-hybridized carbons (Fsp3) is 0.182. The van der Waals surface area contributed by atoms with E-state index in [1.807, 2.05) is 17.6 Å². The number of para-hydroxylation sites is 1. The van der Waals surface area contributed by atoms with Crippen LogP contribution in [0.1, 0.15) is 5.56 Å². The minimum absolute atomic E-state index is 0.0440. The Morgan fingerprint density at radius 1 is 1.50 bits per heavy atom. The number of benzene rings is 1. The number of carbonyl (C=O) groups excluding carboxylic acids is 1. The summed E-state index contributed by atoms with van der Waals surface area (Å²) in [7, 11) is 0. The van der Waals surface area contributed by atoms with Crippen LogP contribution in [-0.4, -0.2) is 24.2 Å². The molecule has 4 N–H and O–H groups in total. The van der Waals surface area contributed by atoms with Crippen molar-refractivity contribution in [2.24, 2.45) is 5.84 Å². The predicted octanol–water partition coefficient (Wildman–Crippen LogP) is 0.0608. The zero-order chi connectivity index (χ0) is 11.8. The molecule has 0 spiro atoms. The number of amides is 1. The third-order valence-corrected chi connectivity index (χ3v) is 1.84. The van der Waals surface area contributed by atoms with Gasteiger partial charge in [-0.25, -0.2) is 5.84 Å². The summed E-state index contributed by atoms with van der Waals surface area (Å²) in [6.07, 6.45) is 3.31. The van der Waals surface area contributed by atoms with E-state index in [-0.39, 0.29) is 13.2 Å². The number of aliphatic hydroxyl groups excluding tert-OH is 1. The number of hydrazine groups is 1. The molecule has 0 bridgehead atoms. The summed E-state index contributed by atoms with van der Waals surface area (Å²) in [5, 5.41) is 8.67. The molecule has 1 aromatic rings. The Kier molecular flexibility index (Phi) is 5.04. The van der Waals surface area contributed by atoms with Crippen molar-refractivity contribution in [3.8, 4) is 5.75 Å². The lowest BCUT2D eigenvalue weighted by Gasteiger charge is -2.07. The summed E-state index contributed by atoms with van der Waals surface area (Å²) in [6.45, 7) is -0.182. The van der Waals surface area contributed by atoms with Crippen molar-refractivity contribution in [1.29, 1.82) is 0 Å². The van der Waals surface area contributed by atoms with Crippen molar-refractivity contribution in [1.82, 2.24) is 5.43 Å². The van der Waals surface area contributed by atoms with Gasteiger partial charge in [-0.2, -0.15) is 0 Å². The zero-order valence-corrected chi connectivity index (χ0v) is 8.72. The highest BCUT2D eigenvalue weighted by Gasteiger charge is 2.02. The monoisotopic (exact) mass is 222 g/mol. The van der Waals surface area contributed by atoms with Gasteiger partial charge >= 0.3 is 0 Å². The summed E-state index contributed by atoms with van der Waals surface area (Å²) < 4.78 is 5.26. The Balaban J connectivity index is 2.71. The van der Waals surface area contributed by atoms with Gasteiger partial charge < -0.3 is 9.84 Å². The van der Waals surface area contributed by atoms with Gasteiger partial charge in [-0.15, -0.1) is 0 Å². The van der Waals surface area contributed by atoms with Gasteiger partial charge in [0.1, 0.15) is 5.75 Å². The van der Waals surface area contributed by atoms with Crippen LogP contribution in [0.5, 0.6) is 5.75 Å². The van der Waals surface area contributed by atoms with E-state index >= 15 is 0 Å². The lowest BCUT2D eigenvalue weighted by Crippen LogP contribution is -2.34. The van der Waals surface area contributed by atoms with E-state index in [0.29, 0.717) is 5.75 Å². The summed E-state index contributed by atoms with van der Waals surface area (Å²) in [5.41, 5.74) is 2.77. The second-order valence-corrected chi connectivity index (χ2v) is 2.98. The van der Waals surface area contributed by atoms with Gasteiger partial charge in [0.25, 0.3) is 5.91 Å². The van der Waals surface area contributed by atoms with Gasteiger partial charge in [0, 0.05) is 5.56 Å². The average Bonchev–Trinajstić information content (AvgIpc) is 2.34. The Hall–Kier alpha value is -1.85. The van der Waals surface area contributed by atoms with Crippen molar-refractivity contribution in [2.75, 3.05) is 13.2 Å². The maximum Gasteiger partial charge on any atom is 0.271 e. The van der Waals surface area contributed by atoms with Crippen molar-refractivity contribution in [3.05, 3.63) is 35.9 Å². The Bertz CT molecular complexity index is 377. The van der Waals surface area contributed by atoms with Gasteiger partial charge in [0.05, 0.1) is 6.61 Å². The van der Waals surface area contributed by atoms with Crippen molar-refractivity contribution >= 4 is 12.0 Å². The number of carbonyl (C=O) groups is 1. The van der Waals surface area contributed by atoms with Crippen LogP contribution in [0, 0.1) is 0 Å². The van der Waals surface area contributed by atoms with Crippen molar-refractivity contribution in [3.63, 3.8) is 0 Å². The quantitative estimate of drug-likeness (QED) is 0.373. The zero-order valence-electron chi connectivity index (χ0n) is 8.72. The molecule has 5 heteroatoms. The lowest BCUT2D eigenvalue weighted by molar-refractivity contribution is -0.123. The van der Waals surface area contributed by atoms with Crippen LogP contribution >= 0.6 is 0 Å². The van der Waals surface area contributed by atoms with E-state index in [2.05, 4.69) is 0 Å². The summed E-state index contributed by atoms with van der Waals surface area (Å²) in [5.74, 6) is 5.09. The molecule has 0 unspecified atom stereocenters. The molecule has 0 aliphatic carbocycles. The highest BCUT2D eigenvalue weighted by Crippen LogP contribution is 2.19. The SMILES string of the molecule is NNC(=O)COc1ccccc1C=CCO. The van der Waals surface area contributed by atoms with Crippen LogP contribution < -0.4 is 16.0 Å². The van der Waals surface area contributed by atoms with Gasteiger partial charge in [0.15, 0.2) is 6.61 Å². The Morgan fingerprint density at radius 2 is 2.25 bits per heavy atom. The standard InChI is InChI=1S/C11H14N2O3/c12-13-11(15)8-16-10-6-2-1-4-9(10)5-3-7-14/h1-6,14H,7-8,12H2,(H,13,15). The lowest BCUT2D eigenvalue weighted by atomic mass is 10.2. The van der Waals surface area contributed by atoms with E-state index < -0.39 is 5.91 Å². The number of hydrogen-bond acceptors (Lipinski definition) is 4. The molecule has 0 aliphatic rings. The highest BCUT2D eigenvalue weighted by molar-refractivity contribution is 5.77. The second kappa shape index (κ2) is 6.60. The summed E-state index contributed by atoms with van der Waals surface area (Å²) >= 11 is 0. The second-order valence-electron chi connectivity index (χ2n) is 2.98. The third-order valence-electron chi connectivity index (χ3n) is 1.84. The number of rotatable bonds is 5. The summed E-state index contributed by atoms with van der Waals surface area (Å²) in [6, 6.07) is 7.20. The van der Waals surface area contributed by atoms with Gasteiger partial charge in [-0.3, -0.25) is 10.2 Å². The first kappa shape index (κ1) is 12.2. The molecule has 0 fully saturated rings. The first-order valence-corrected chi connectivity index (χ1v) is 4.76. The number of nitrogens with one attached hydrogen (secondary N) is 1. The van der Waals surface area contributed by atoms with Gasteiger partial charge in [-0.1, -0.05) is 30.4 Å². The molecule has 0 saturated carbocycles. The van der Waals surface area contributed by atoms with E-state index in [4.69, 9.17) is 15.7 Å². The van der Waals surface area contributed by atoms with Crippen molar-refractivity contribution in [2.45, 2.75) is 0 Å². The molecular formula is C11H14N2O3. The third kappa shape index (κ3) is 3.72. The number of nitrogens with two attached hydrogens (primary N) is 1. The molecule has 0 radical (unpaired) electrons. The van der Waals surface area contributed by atoms with Gasteiger partial charge in [0.2, 0.25) is 0 Å². The molecule has 1 aromatic carbocycles. The largest absolute Gasteiger partial charge is 0.483 e. The van der Waals surface area contributed by atoms with Crippen LogP contribution in [-0.2, 0) is 4.79 Å². The van der Waals surface area contributed by atoms with E-state index in [1.54, 1.807) is 24.3 Å². The predicted molar refractivity (Wildman–Crippen MR) is 60.4 cm³/mol. The Labute approximate surface area is 93.5 Å². The maximum absolute atomic E-state index is 10.9.